The molecule has 1 fully saturated rings. The Balaban J connectivity index is 2.34. The lowest BCUT2D eigenvalue weighted by molar-refractivity contribution is -0.384. The van der Waals surface area contributed by atoms with Gasteiger partial charge in [-0.05, 0) is 24.6 Å². The highest BCUT2D eigenvalue weighted by Gasteiger charge is 2.21. The van der Waals surface area contributed by atoms with Crippen molar-refractivity contribution in [3.63, 3.8) is 0 Å². The molecule has 0 spiro atoms. The number of benzene rings is 1. The first-order valence-corrected chi connectivity index (χ1v) is 4.73. The fourth-order valence-corrected chi connectivity index (χ4v) is 1.65. The van der Waals surface area contributed by atoms with Gasteiger partial charge in [-0.3, -0.25) is 10.1 Å². The van der Waals surface area contributed by atoms with E-state index in [2.05, 4.69) is 5.32 Å². The second-order valence-electron chi connectivity index (χ2n) is 3.26. The van der Waals surface area contributed by atoms with Gasteiger partial charge in [-0.25, -0.2) is 0 Å². The molecule has 1 saturated heterocycles. The number of nitrogens with one attached hydrogen (secondary N) is 1. The molecule has 0 amide bonds. The highest BCUT2D eigenvalue weighted by molar-refractivity contribution is 6.32. The molecule has 0 bridgehead atoms. The van der Waals surface area contributed by atoms with Gasteiger partial charge in [-0.15, -0.1) is 0 Å². The maximum Gasteiger partial charge on any atom is 0.288 e. The molecule has 0 aliphatic carbocycles. The van der Waals surface area contributed by atoms with Gasteiger partial charge in [0, 0.05) is 12.1 Å². The van der Waals surface area contributed by atoms with Gasteiger partial charge in [0.25, 0.3) is 5.69 Å². The van der Waals surface area contributed by atoms with Crippen LogP contribution in [0.3, 0.4) is 0 Å². The fraction of sp³-hybridized carbons (Fsp3) is 0.333. The van der Waals surface area contributed by atoms with Crippen LogP contribution in [-0.4, -0.2) is 11.5 Å². The standard InChI is InChI=1S/C9H9ClN2O2/c10-7-2-1-6(8-3-4-11-8)5-9(7)12(13)14/h1-2,5,8,11H,3-4H2. The number of nitro groups is 1. The molecular weight excluding hydrogens is 204 g/mol. The maximum absolute atomic E-state index is 10.6. The van der Waals surface area contributed by atoms with Gasteiger partial charge in [0.2, 0.25) is 0 Å². The van der Waals surface area contributed by atoms with Crippen LogP contribution in [0.15, 0.2) is 18.2 Å². The van der Waals surface area contributed by atoms with Crippen LogP contribution in [0.25, 0.3) is 0 Å². The molecular formula is C9H9ClN2O2. The number of hydrogen-bond donors (Lipinski definition) is 1. The maximum atomic E-state index is 10.6. The summed E-state index contributed by atoms with van der Waals surface area (Å²) in [7, 11) is 0. The normalized spacial score (nSPS) is 20.2. The molecule has 4 nitrogen and oxygen atoms in total. The largest absolute Gasteiger partial charge is 0.310 e. The Morgan fingerprint density at radius 1 is 1.57 bits per heavy atom. The van der Waals surface area contributed by atoms with Crippen molar-refractivity contribution < 1.29 is 4.92 Å². The molecule has 0 saturated carbocycles. The van der Waals surface area contributed by atoms with E-state index >= 15 is 0 Å². The summed E-state index contributed by atoms with van der Waals surface area (Å²) in [6, 6.07) is 5.20. The van der Waals surface area contributed by atoms with E-state index in [-0.39, 0.29) is 16.8 Å². The first-order chi connectivity index (χ1) is 6.68. The quantitative estimate of drug-likeness (QED) is 0.605. The molecule has 1 unspecified atom stereocenters. The molecule has 1 atom stereocenters. The second-order valence-corrected chi connectivity index (χ2v) is 3.67. The van der Waals surface area contributed by atoms with Gasteiger partial charge in [-0.1, -0.05) is 17.7 Å². The summed E-state index contributed by atoms with van der Waals surface area (Å²) in [5, 5.41) is 14.0. The molecule has 1 aromatic carbocycles. The van der Waals surface area contributed by atoms with E-state index in [1.54, 1.807) is 12.1 Å². The Kier molecular flexibility index (Phi) is 2.39. The zero-order chi connectivity index (χ0) is 10.1. The summed E-state index contributed by atoms with van der Waals surface area (Å²) < 4.78 is 0. The summed E-state index contributed by atoms with van der Waals surface area (Å²) >= 11 is 5.70. The van der Waals surface area contributed by atoms with Gasteiger partial charge in [-0.2, -0.15) is 0 Å². The van der Waals surface area contributed by atoms with Crippen LogP contribution >= 0.6 is 11.6 Å². The summed E-state index contributed by atoms with van der Waals surface area (Å²) in [6.45, 7) is 0.973. The highest BCUT2D eigenvalue weighted by atomic mass is 35.5. The molecule has 1 aliphatic heterocycles. The first kappa shape index (κ1) is 9.43. The van der Waals surface area contributed by atoms with Crippen LogP contribution < -0.4 is 5.32 Å². The third-order valence-corrected chi connectivity index (χ3v) is 2.71. The lowest BCUT2D eigenvalue weighted by Crippen LogP contribution is -2.34. The van der Waals surface area contributed by atoms with E-state index in [4.69, 9.17) is 11.6 Å². The smallest absolute Gasteiger partial charge is 0.288 e. The molecule has 1 aromatic rings. The van der Waals surface area contributed by atoms with Gasteiger partial charge >= 0.3 is 0 Å². The predicted molar refractivity (Wildman–Crippen MR) is 53.5 cm³/mol. The van der Waals surface area contributed by atoms with Crippen molar-refractivity contribution >= 4 is 17.3 Å². The first-order valence-electron chi connectivity index (χ1n) is 4.35. The molecule has 1 heterocycles. The minimum atomic E-state index is -0.454. The van der Waals surface area contributed by atoms with Crippen molar-refractivity contribution in [2.75, 3.05) is 6.54 Å². The zero-order valence-corrected chi connectivity index (χ0v) is 8.12. The molecule has 0 aromatic heterocycles. The molecule has 1 N–H and O–H groups in total. The summed E-state index contributed by atoms with van der Waals surface area (Å²) in [5.74, 6) is 0. The van der Waals surface area contributed by atoms with Gasteiger partial charge in [0.1, 0.15) is 5.02 Å². The van der Waals surface area contributed by atoms with Crippen molar-refractivity contribution in [3.05, 3.63) is 38.9 Å². The van der Waals surface area contributed by atoms with Gasteiger partial charge < -0.3 is 5.32 Å². The van der Waals surface area contributed by atoms with Crippen LogP contribution in [0.4, 0.5) is 5.69 Å². The topological polar surface area (TPSA) is 55.2 Å². The number of nitrogens with zero attached hydrogens (tertiary/aromatic N) is 1. The molecule has 0 radical (unpaired) electrons. The Labute approximate surface area is 86.0 Å². The van der Waals surface area contributed by atoms with Crippen molar-refractivity contribution in [1.82, 2.24) is 5.32 Å². The number of rotatable bonds is 2. The second kappa shape index (κ2) is 3.55. The van der Waals surface area contributed by atoms with Crippen molar-refractivity contribution in [1.29, 1.82) is 0 Å². The zero-order valence-electron chi connectivity index (χ0n) is 7.37. The summed E-state index contributed by atoms with van der Waals surface area (Å²) in [6.07, 6.45) is 1.03. The monoisotopic (exact) mass is 212 g/mol. The minimum absolute atomic E-state index is 0.0159. The summed E-state index contributed by atoms with van der Waals surface area (Å²) in [5.41, 5.74) is 0.921. The van der Waals surface area contributed by atoms with Crippen molar-refractivity contribution in [2.24, 2.45) is 0 Å². The van der Waals surface area contributed by atoms with E-state index in [0.717, 1.165) is 18.5 Å². The highest BCUT2D eigenvalue weighted by Crippen LogP contribution is 2.30. The number of hydrogen-bond acceptors (Lipinski definition) is 3. The van der Waals surface area contributed by atoms with Crippen LogP contribution in [0.1, 0.15) is 18.0 Å². The SMILES string of the molecule is O=[N+]([O-])c1cc(C2CCN2)ccc1Cl. The van der Waals surface area contributed by atoms with Crippen LogP contribution in [0.5, 0.6) is 0 Å². The molecule has 2 rings (SSSR count). The minimum Gasteiger partial charge on any atom is -0.310 e. The van der Waals surface area contributed by atoms with Crippen LogP contribution in [0, 0.1) is 10.1 Å². The van der Waals surface area contributed by atoms with Crippen LogP contribution in [0.2, 0.25) is 5.02 Å². The van der Waals surface area contributed by atoms with E-state index < -0.39 is 4.92 Å². The average molecular weight is 213 g/mol. The Morgan fingerprint density at radius 3 is 2.79 bits per heavy atom. The lowest BCUT2D eigenvalue weighted by Gasteiger charge is -2.27. The third kappa shape index (κ3) is 1.58. The average Bonchev–Trinajstić information content (AvgIpc) is 2.04. The molecule has 14 heavy (non-hydrogen) atoms. The lowest BCUT2D eigenvalue weighted by atomic mass is 9.98. The van der Waals surface area contributed by atoms with Gasteiger partial charge in [0.15, 0.2) is 0 Å². The molecule has 5 heteroatoms. The van der Waals surface area contributed by atoms with Crippen molar-refractivity contribution in [3.8, 4) is 0 Å². The van der Waals surface area contributed by atoms with E-state index in [1.807, 2.05) is 6.07 Å². The molecule has 74 valence electrons. The predicted octanol–water partition coefficient (Wildman–Crippen LogP) is 2.28. The third-order valence-electron chi connectivity index (χ3n) is 2.39. The van der Waals surface area contributed by atoms with Crippen molar-refractivity contribution in [2.45, 2.75) is 12.5 Å². The van der Waals surface area contributed by atoms with Crippen LogP contribution in [-0.2, 0) is 0 Å². The van der Waals surface area contributed by atoms with E-state index in [0.29, 0.717) is 0 Å². The van der Waals surface area contributed by atoms with Gasteiger partial charge in [0.05, 0.1) is 4.92 Å². The Morgan fingerprint density at radius 2 is 2.29 bits per heavy atom. The van der Waals surface area contributed by atoms with E-state index in [1.165, 1.54) is 0 Å². The fourth-order valence-electron chi connectivity index (χ4n) is 1.46. The Hall–Kier alpha value is -1.13. The summed E-state index contributed by atoms with van der Waals surface area (Å²) in [4.78, 5) is 10.1. The molecule has 1 aliphatic rings. The van der Waals surface area contributed by atoms with E-state index in [9.17, 15) is 10.1 Å². The number of halogens is 1. The number of nitro benzene ring substituents is 1. The Bertz CT molecular complexity index is 377.